The van der Waals surface area contributed by atoms with E-state index in [0.29, 0.717) is 21.4 Å². The van der Waals surface area contributed by atoms with Gasteiger partial charge in [0.15, 0.2) is 0 Å². The van der Waals surface area contributed by atoms with E-state index in [0.717, 1.165) is 11.3 Å². The molecule has 0 aliphatic carbocycles. The van der Waals surface area contributed by atoms with Crippen molar-refractivity contribution in [2.45, 2.75) is 19.8 Å². The zero-order chi connectivity index (χ0) is 19.8. The number of carbonyl (C=O) groups is 2. The summed E-state index contributed by atoms with van der Waals surface area (Å²) < 4.78 is 5.07. The molecule has 0 aliphatic rings. The molecule has 0 saturated carbocycles. The summed E-state index contributed by atoms with van der Waals surface area (Å²) in [4.78, 5) is 24.0. The summed E-state index contributed by atoms with van der Waals surface area (Å²) in [5.41, 5.74) is 4.19. The number of amides is 2. The zero-order valence-electron chi connectivity index (χ0n) is 14.9. The fourth-order valence-electron chi connectivity index (χ4n) is 2.18. The lowest BCUT2D eigenvalue weighted by molar-refractivity contribution is -0.120. The monoisotopic (exact) mass is 407 g/mol. The average molecular weight is 408 g/mol. The van der Waals surface area contributed by atoms with Gasteiger partial charge in [-0.25, -0.2) is 5.43 Å². The standard InChI is InChI=1S/C19H19Cl2N3O3/c1-12(9-18(25)22-17-8-5-14(20)11-16(17)21)23-24-19(26)10-13-3-6-15(27-2)7-4-13/h3-8,11H,9-10H2,1-2H3,(H,22,25)(H,24,26)/b23-12+. The summed E-state index contributed by atoms with van der Waals surface area (Å²) in [6.45, 7) is 1.65. The van der Waals surface area contributed by atoms with E-state index in [1.807, 2.05) is 0 Å². The van der Waals surface area contributed by atoms with Gasteiger partial charge in [-0.15, -0.1) is 0 Å². The van der Waals surface area contributed by atoms with Gasteiger partial charge in [-0.3, -0.25) is 9.59 Å². The second kappa shape index (κ2) is 9.94. The van der Waals surface area contributed by atoms with Gasteiger partial charge in [0.1, 0.15) is 5.75 Å². The van der Waals surface area contributed by atoms with Crippen molar-refractivity contribution in [3.63, 3.8) is 0 Å². The first-order chi connectivity index (χ1) is 12.9. The van der Waals surface area contributed by atoms with Crippen LogP contribution in [0.4, 0.5) is 5.69 Å². The minimum Gasteiger partial charge on any atom is -0.497 e. The Hall–Kier alpha value is -2.57. The fourth-order valence-corrected chi connectivity index (χ4v) is 2.64. The lowest BCUT2D eigenvalue weighted by Crippen LogP contribution is -2.22. The molecule has 0 fully saturated rings. The van der Waals surface area contributed by atoms with Crippen LogP contribution in [0.5, 0.6) is 5.75 Å². The van der Waals surface area contributed by atoms with Crippen molar-refractivity contribution in [3.8, 4) is 5.75 Å². The van der Waals surface area contributed by atoms with E-state index in [9.17, 15) is 9.59 Å². The Labute approximate surface area is 167 Å². The molecule has 2 amide bonds. The molecule has 0 radical (unpaired) electrons. The molecular weight excluding hydrogens is 389 g/mol. The highest BCUT2D eigenvalue weighted by Crippen LogP contribution is 2.25. The van der Waals surface area contributed by atoms with Crippen LogP contribution in [0.1, 0.15) is 18.9 Å². The molecule has 2 aromatic carbocycles. The van der Waals surface area contributed by atoms with Gasteiger partial charge in [0.25, 0.3) is 0 Å². The van der Waals surface area contributed by atoms with Gasteiger partial charge in [-0.1, -0.05) is 35.3 Å². The van der Waals surface area contributed by atoms with Crippen LogP contribution < -0.4 is 15.5 Å². The quantitative estimate of drug-likeness (QED) is 0.536. The normalized spacial score (nSPS) is 11.0. The largest absolute Gasteiger partial charge is 0.497 e. The molecule has 0 saturated heterocycles. The molecule has 0 unspecified atom stereocenters. The molecule has 8 heteroatoms. The van der Waals surface area contributed by atoms with Crippen LogP contribution >= 0.6 is 23.2 Å². The third-order valence-electron chi connectivity index (χ3n) is 3.52. The highest BCUT2D eigenvalue weighted by atomic mass is 35.5. The molecule has 2 rings (SSSR count). The lowest BCUT2D eigenvalue weighted by Gasteiger charge is -2.08. The van der Waals surface area contributed by atoms with Crippen molar-refractivity contribution < 1.29 is 14.3 Å². The van der Waals surface area contributed by atoms with Crippen molar-refractivity contribution in [2.75, 3.05) is 12.4 Å². The van der Waals surface area contributed by atoms with Gasteiger partial charge >= 0.3 is 0 Å². The predicted octanol–water partition coefficient (Wildman–Crippen LogP) is 4.07. The molecule has 0 atom stereocenters. The molecule has 0 aromatic heterocycles. The van der Waals surface area contributed by atoms with Crippen LogP contribution in [0.25, 0.3) is 0 Å². The van der Waals surface area contributed by atoms with Crippen molar-refractivity contribution in [2.24, 2.45) is 5.10 Å². The molecule has 0 heterocycles. The van der Waals surface area contributed by atoms with Crippen LogP contribution in [-0.4, -0.2) is 24.6 Å². The second-order valence-electron chi connectivity index (χ2n) is 5.76. The molecule has 6 nitrogen and oxygen atoms in total. The number of anilines is 1. The Bertz CT molecular complexity index is 852. The zero-order valence-corrected chi connectivity index (χ0v) is 16.4. The van der Waals surface area contributed by atoms with Gasteiger partial charge < -0.3 is 10.1 Å². The first kappa shape index (κ1) is 20.7. The summed E-state index contributed by atoms with van der Waals surface area (Å²) in [7, 11) is 1.58. The van der Waals surface area contributed by atoms with Gasteiger partial charge in [-0.05, 0) is 42.8 Å². The Morgan fingerprint density at radius 1 is 1.07 bits per heavy atom. The molecule has 0 aliphatic heterocycles. The van der Waals surface area contributed by atoms with Gasteiger partial charge in [0.2, 0.25) is 11.8 Å². The summed E-state index contributed by atoms with van der Waals surface area (Å²) in [6, 6.07) is 12.0. The summed E-state index contributed by atoms with van der Waals surface area (Å²) >= 11 is 11.8. The number of hydrogen-bond acceptors (Lipinski definition) is 4. The molecule has 27 heavy (non-hydrogen) atoms. The summed E-state index contributed by atoms with van der Waals surface area (Å²) in [5, 5.41) is 7.45. The fraction of sp³-hybridized carbons (Fsp3) is 0.211. The second-order valence-corrected chi connectivity index (χ2v) is 6.60. The van der Waals surface area contributed by atoms with E-state index < -0.39 is 0 Å². The molecule has 2 N–H and O–H groups in total. The highest BCUT2D eigenvalue weighted by molar-refractivity contribution is 6.36. The first-order valence-corrected chi connectivity index (χ1v) is 8.83. The van der Waals surface area contributed by atoms with Crippen molar-refractivity contribution in [1.29, 1.82) is 0 Å². The molecular formula is C19H19Cl2N3O3. The highest BCUT2D eigenvalue weighted by Gasteiger charge is 2.09. The Kier molecular flexibility index (Phi) is 7.64. The van der Waals surface area contributed by atoms with Crippen LogP contribution in [-0.2, 0) is 16.0 Å². The maximum absolute atomic E-state index is 12.0. The maximum Gasteiger partial charge on any atom is 0.244 e. The van der Waals surface area contributed by atoms with Gasteiger partial charge in [-0.2, -0.15) is 5.10 Å². The molecule has 0 spiro atoms. The topological polar surface area (TPSA) is 79.8 Å². The van der Waals surface area contributed by atoms with Crippen molar-refractivity contribution >= 4 is 46.4 Å². The number of benzene rings is 2. The lowest BCUT2D eigenvalue weighted by atomic mass is 10.1. The Morgan fingerprint density at radius 2 is 1.78 bits per heavy atom. The van der Waals surface area contributed by atoms with Crippen molar-refractivity contribution in [1.82, 2.24) is 5.43 Å². The predicted molar refractivity (Wildman–Crippen MR) is 108 cm³/mol. The van der Waals surface area contributed by atoms with E-state index in [4.69, 9.17) is 27.9 Å². The number of nitrogens with one attached hydrogen (secondary N) is 2. The Morgan fingerprint density at radius 3 is 2.41 bits per heavy atom. The van der Waals surface area contributed by atoms with E-state index in [1.165, 1.54) is 0 Å². The minimum atomic E-state index is -0.301. The van der Waals surface area contributed by atoms with Gasteiger partial charge in [0.05, 0.1) is 30.7 Å². The number of hydrazone groups is 1. The van der Waals surface area contributed by atoms with E-state index in [2.05, 4.69) is 15.8 Å². The number of methoxy groups -OCH3 is 1. The number of carbonyl (C=O) groups excluding carboxylic acids is 2. The van der Waals surface area contributed by atoms with Crippen LogP contribution in [0.15, 0.2) is 47.6 Å². The van der Waals surface area contributed by atoms with Crippen molar-refractivity contribution in [3.05, 3.63) is 58.1 Å². The minimum absolute atomic E-state index is 0.0156. The SMILES string of the molecule is COc1ccc(CC(=O)N/N=C(\C)CC(=O)Nc2ccc(Cl)cc2Cl)cc1. The summed E-state index contributed by atoms with van der Waals surface area (Å²) in [6.07, 6.45) is 0.190. The number of hydrogen-bond donors (Lipinski definition) is 2. The number of halogens is 2. The third kappa shape index (κ3) is 6.92. The summed E-state index contributed by atoms with van der Waals surface area (Å²) in [5.74, 6) is 0.144. The number of ether oxygens (including phenoxy) is 1. The van der Waals surface area contributed by atoms with Crippen LogP contribution in [0.3, 0.4) is 0 Å². The number of nitrogens with zero attached hydrogens (tertiary/aromatic N) is 1. The molecule has 142 valence electrons. The van der Waals surface area contributed by atoms with E-state index in [1.54, 1.807) is 56.5 Å². The van der Waals surface area contributed by atoms with Gasteiger partial charge in [0, 0.05) is 10.7 Å². The smallest absolute Gasteiger partial charge is 0.244 e. The molecule has 2 aromatic rings. The maximum atomic E-state index is 12.0. The third-order valence-corrected chi connectivity index (χ3v) is 4.06. The Balaban J connectivity index is 1.83. The first-order valence-electron chi connectivity index (χ1n) is 8.07. The van der Waals surface area contributed by atoms with Crippen LogP contribution in [0.2, 0.25) is 10.0 Å². The number of rotatable bonds is 7. The molecule has 0 bridgehead atoms. The van der Waals surface area contributed by atoms with Crippen LogP contribution in [0, 0.1) is 0 Å². The average Bonchev–Trinajstić information content (AvgIpc) is 2.63. The van der Waals surface area contributed by atoms with E-state index in [-0.39, 0.29) is 24.7 Å². The van der Waals surface area contributed by atoms with E-state index >= 15 is 0 Å².